The highest BCUT2D eigenvalue weighted by Crippen LogP contribution is 2.43. The summed E-state index contributed by atoms with van der Waals surface area (Å²) in [6.07, 6.45) is 3.79. The standard InChI is InChI=1S/C19H18N4OS2/c1-12-17-18(13-6-8-14(25-2)9-7-13)26-11-16(24)21-19(17)23(22-12)15-5-3-4-10-20-15/h3-10,18H,11H2,1-2H3,(H,21,24)/t18-/m1/s1. The maximum absolute atomic E-state index is 12.3. The maximum Gasteiger partial charge on any atom is 0.235 e. The molecule has 1 aromatic carbocycles. The van der Waals surface area contributed by atoms with Gasteiger partial charge in [-0.2, -0.15) is 9.78 Å². The lowest BCUT2D eigenvalue weighted by Gasteiger charge is -2.15. The summed E-state index contributed by atoms with van der Waals surface area (Å²) in [4.78, 5) is 17.9. The minimum Gasteiger partial charge on any atom is -0.310 e. The summed E-state index contributed by atoms with van der Waals surface area (Å²) in [6.45, 7) is 1.99. The SMILES string of the molecule is CSc1ccc([C@H]2SCC(=O)Nc3c2c(C)nn3-c2ccccn2)cc1. The number of rotatable bonds is 3. The molecule has 0 spiro atoms. The Morgan fingerprint density at radius 1 is 1.23 bits per heavy atom. The van der Waals surface area contributed by atoms with E-state index in [1.165, 1.54) is 10.5 Å². The van der Waals surface area contributed by atoms with Gasteiger partial charge in [-0.1, -0.05) is 18.2 Å². The molecule has 3 aromatic rings. The molecule has 0 unspecified atom stereocenters. The van der Waals surface area contributed by atoms with Crippen LogP contribution in [0.25, 0.3) is 5.82 Å². The lowest BCUT2D eigenvalue weighted by atomic mass is 10.0. The number of aromatic nitrogens is 3. The molecular formula is C19H18N4OS2. The normalized spacial score (nSPS) is 16.7. The van der Waals surface area contributed by atoms with Crippen LogP contribution in [0.4, 0.5) is 5.82 Å². The second-order valence-corrected chi connectivity index (χ2v) is 7.93. The first kappa shape index (κ1) is 17.2. The molecule has 26 heavy (non-hydrogen) atoms. The quantitative estimate of drug-likeness (QED) is 0.692. The molecule has 0 bridgehead atoms. The molecule has 0 fully saturated rings. The third kappa shape index (κ3) is 3.12. The number of benzene rings is 1. The smallest absolute Gasteiger partial charge is 0.235 e. The molecule has 0 saturated heterocycles. The first-order valence-electron chi connectivity index (χ1n) is 8.23. The Bertz CT molecular complexity index is 938. The summed E-state index contributed by atoms with van der Waals surface area (Å²) in [6, 6.07) is 14.2. The molecule has 0 aliphatic carbocycles. The van der Waals surface area contributed by atoms with E-state index in [2.05, 4.69) is 45.9 Å². The number of thioether (sulfide) groups is 2. The minimum absolute atomic E-state index is 0.0171. The van der Waals surface area contributed by atoms with Gasteiger partial charge in [-0.25, -0.2) is 4.98 Å². The fourth-order valence-corrected chi connectivity index (χ4v) is 4.67. The zero-order valence-electron chi connectivity index (χ0n) is 14.5. The van der Waals surface area contributed by atoms with E-state index in [-0.39, 0.29) is 11.2 Å². The largest absolute Gasteiger partial charge is 0.310 e. The first-order chi connectivity index (χ1) is 12.7. The van der Waals surface area contributed by atoms with Crippen LogP contribution in [0.1, 0.15) is 22.1 Å². The monoisotopic (exact) mass is 382 g/mol. The van der Waals surface area contributed by atoms with Crippen molar-refractivity contribution in [2.24, 2.45) is 0 Å². The number of pyridine rings is 1. The Hall–Kier alpha value is -2.25. The lowest BCUT2D eigenvalue weighted by molar-refractivity contribution is -0.113. The fourth-order valence-electron chi connectivity index (χ4n) is 3.07. The van der Waals surface area contributed by atoms with Gasteiger partial charge < -0.3 is 5.32 Å². The molecule has 1 N–H and O–H groups in total. The summed E-state index contributed by atoms with van der Waals surface area (Å²) >= 11 is 3.35. The van der Waals surface area contributed by atoms with Crippen LogP contribution < -0.4 is 5.32 Å². The highest BCUT2D eigenvalue weighted by molar-refractivity contribution is 8.00. The van der Waals surface area contributed by atoms with E-state index in [1.807, 2.05) is 25.1 Å². The van der Waals surface area contributed by atoms with Crippen LogP contribution in [0, 0.1) is 6.92 Å². The fraction of sp³-hybridized carbons (Fsp3) is 0.211. The van der Waals surface area contributed by atoms with Crippen molar-refractivity contribution < 1.29 is 4.79 Å². The van der Waals surface area contributed by atoms with E-state index in [9.17, 15) is 4.79 Å². The van der Waals surface area contributed by atoms with Crippen molar-refractivity contribution in [2.75, 3.05) is 17.3 Å². The number of carbonyl (C=O) groups is 1. The molecule has 1 aliphatic rings. The number of nitrogens with zero attached hydrogens (tertiary/aromatic N) is 3. The highest BCUT2D eigenvalue weighted by atomic mass is 32.2. The predicted octanol–water partition coefficient (Wildman–Crippen LogP) is 4.07. The van der Waals surface area contributed by atoms with Crippen LogP contribution in [-0.4, -0.2) is 32.7 Å². The van der Waals surface area contributed by atoms with Crippen LogP contribution in [0.15, 0.2) is 53.6 Å². The zero-order chi connectivity index (χ0) is 18.1. The van der Waals surface area contributed by atoms with E-state index in [0.29, 0.717) is 11.6 Å². The van der Waals surface area contributed by atoms with Gasteiger partial charge in [0.1, 0.15) is 5.82 Å². The summed E-state index contributed by atoms with van der Waals surface area (Å²) in [5.41, 5.74) is 3.12. The molecule has 1 amide bonds. The average molecular weight is 383 g/mol. The number of fused-ring (bicyclic) bond motifs is 1. The molecular weight excluding hydrogens is 364 g/mol. The van der Waals surface area contributed by atoms with E-state index in [4.69, 9.17) is 0 Å². The summed E-state index contributed by atoms with van der Waals surface area (Å²) in [7, 11) is 0. The molecule has 3 heterocycles. The van der Waals surface area contributed by atoms with Gasteiger partial charge in [0.15, 0.2) is 5.82 Å². The first-order valence-corrected chi connectivity index (χ1v) is 10.5. The van der Waals surface area contributed by atoms with Crippen molar-refractivity contribution >= 4 is 35.2 Å². The zero-order valence-corrected chi connectivity index (χ0v) is 16.1. The minimum atomic E-state index is -0.0171. The third-order valence-electron chi connectivity index (χ3n) is 4.29. The average Bonchev–Trinajstić information content (AvgIpc) is 2.88. The number of nitrogens with one attached hydrogen (secondary N) is 1. The van der Waals surface area contributed by atoms with Crippen LogP contribution in [0.2, 0.25) is 0 Å². The van der Waals surface area contributed by atoms with Gasteiger partial charge in [0.2, 0.25) is 5.91 Å². The molecule has 1 atom stereocenters. The summed E-state index contributed by atoms with van der Waals surface area (Å²) < 4.78 is 1.73. The molecule has 7 heteroatoms. The number of anilines is 1. The Labute approximate surface area is 160 Å². The number of hydrogen-bond acceptors (Lipinski definition) is 5. The molecule has 2 aromatic heterocycles. The topological polar surface area (TPSA) is 59.8 Å². The predicted molar refractivity (Wildman–Crippen MR) is 107 cm³/mol. The van der Waals surface area contributed by atoms with Crippen LogP contribution in [0.3, 0.4) is 0 Å². The summed E-state index contributed by atoms with van der Waals surface area (Å²) in [5, 5.41) is 7.75. The highest BCUT2D eigenvalue weighted by Gasteiger charge is 2.30. The maximum atomic E-state index is 12.3. The Morgan fingerprint density at radius 2 is 2.04 bits per heavy atom. The number of amides is 1. The van der Waals surface area contributed by atoms with Gasteiger partial charge in [0, 0.05) is 16.7 Å². The van der Waals surface area contributed by atoms with Crippen molar-refractivity contribution in [1.82, 2.24) is 14.8 Å². The number of aryl methyl sites for hydroxylation is 1. The molecule has 0 radical (unpaired) electrons. The van der Waals surface area contributed by atoms with E-state index < -0.39 is 0 Å². The molecule has 4 rings (SSSR count). The second-order valence-electron chi connectivity index (χ2n) is 5.96. The van der Waals surface area contributed by atoms with E-state index in [1.54, 1.807) is 34.4 Å². The van der Waals surface area contributed by atoms with Crippen molar-refractivity contribution in [2.45, 2.75) is 17.1 Å². The Balaban J connectivity index is 1.85. The molecule has 5 nitrogen and oxygen atoms in total. The lowest BCUT2D eigenvalue weighted by Crippen LogP contribution is -2.16. The van der Waals surface area contributed by atoms with Gasteiger partial charge in [-0.15, -0.1) is 23.5 Å². The van der Waals surface area contributed by atoms with Crippen molar-refractivity contribution in [3.05, 3.63) is 65.5 Å². The third-order valence-corrected chi connectivity index (χ3v) is 6.31. The van der Waals surface area contributed by atoms with E-state index >= 15 is 0 Å². The van der Waals surface area contributed by atoms with Crippen LogP contribution in [0.5, 0.6) is 0 Å². The Morgan fingerprint density at radius 3 is 2.73 bits per heavy atom. The molecule has 0 saturated carbocycles. The molecule has 1 aliphatic heterocycles. The van der Waals surface area contributed by atoms with Gasteiger partial charge in [-0.05, 0) is 43.0 Å². The number of hydrogen-bond donors (Lipinski definition) is 1. The van der Waals surface area contributed by atoms with E-state index in [0.717, 1.165) is 17.1 Å². The Kier molecular flexibility index (Phi) is 4.74. The van der Waals surface area contributed by atoms with Crippen LogP contribution >= 0.6 is 23.5 Å². The van der Waals surface area contributed by atoms with Crippen molar-refractivity contribution in [1.29, 1.82) is 0 Å². The van der Waals surface area contributed by atoms with Gasteiger partial charge in [0.25, 0.3) is 0 Å². The van der Waals surface area contributed by atoms with Crippen molar-refractivity contribution in [3.8, 4) is 5.82 Å². The van der Waals surface area contributed by atoms with Gasteiger partial charge in [-0.3, -0.25) is 4.79 Å². The number of carbonyl (C=O) groups excluding carboxylic acids is 1. The van der Waals surface area contributed by atoms with Gasteiger partial charge in [0.05, 0.1) is 16.7 Å². The summed E-state index contributed by atoms with van der Waals surface area (Å²) in [5.74, 6) is 1.80. The van der Waals surface area contributed by atoms with Crippen LogP contribution in [-0.2, 0) is 4.79 Å². The van der Waals surface area contributed by atoms with Crippen molar-refractivity contribution in [3.63, 3.8) is 0 Å². The van der Waals surface area contributed by atoms with Gasteiger partial charge >= 0.3 is 0 Å². The second kappa shape index (κ2) is 7.17. The molecule has 132 valence electrons.